The van der Waals surface area contributed by atoms with Crippen LogP contribution in [0.5, 0.6) is 0 Å². The fraction of sp³-hybridized carbons (Fsp3) is 0.786. The first kappa shape index (κ1) is 16.7. The van der Waals surface area contributed by atoms with Gasteiger partial charge in [0, 0.05) is 40.3 Å². The van der Waals surface area contributed by atoms with E-state index in [0.29, 0.717) is 0 Å². The van der Waals surface area contributed by atoms with Crippen molar-refractivity contribution in [1.82, 2.24) is 29.9 Å². The number of urea groups is 1. The Bertz CT molecular complexity index is 478. The number of carbonyl (C=O) groups is 1. The van der Waals surface area contributed by atoms with E-state index < -0.39 is 0 Å². The maximum absolute atomic E-state index is 12.4. The van der Waals surface area contributed by atoms with E-state index in [0.717, 1.165) is 51.6 Å². The van der Waals surface area contributed by atoms with Crippen molar-refractivity contribution in [3.05, 3.63) is 12.2 Å². The smallest absolute Gasteiger partial charge is 0.318 e. The Morgan fingerprint density at radius 1 is 1.41 bits per heavy atom. The first-order valence-electron chi connectivity index (χ1n) is 7.72. The van der Waals surface area contributed by atoms with Crippen LogP contribution in [0.1, 0.15) is 25.2 Å². The minimum atomic E-state index is -0.159. The maximum atomic E-state index is 12.4. The second-order valence-electron chi connectivity index (χ2n) is 5.65. The normalized spacial score (nSPS) is 18.0. The highest BCUT2D eigenvalue weighted by atomic mass is 16.5. The molecule has 1 fully saturated rings. The molecule has 0 saturated carbocycles. The molecule has 2 amide bonds. The van der Waals surface area contributed by atoms with Crippen LogP contribution in [0.4, 0.5) is 4.79 Å². The molecule has 8 nitrogen and oxygen atoms in total. The summed E-state index contributed by atoms with van der Waals surface area (Å²) >= 11 is 0. The fourth-order valence-corrected chi connectivity index (χ4v) is 2.64. The zero-order chi connectivity index (χ0) is 15.9. The van der Waals surface area contributed by atoms with Crippen molar-refractivity contribution in [2.75, 3.05) is 46.4 Å². The van der Waals surface area contributed by atoms with E-state index in [-0.39, 0.29) is 12.1 Å². The molecule has 0 spiro atoms. The summed E-state index contributed by atoms with van der Waals surface area (Å²) in [5, 5.41) is 10.9. The van der Waals surface area contributed by atoms with E-state index in [1.807, 2.05) is 23.4 Å². The van der Waals surface area contributed by atoms with Gasteiger partial charge in [0.05, 0.1) is 12.6 Å². The highest BCUT2D eigenvalue weighted by Crippen LogP contribution is 2.09. The zero-order valence-electron chi connectivity index (χ0n) is 13.7. The SMILES string of the molecule is COCCN1CCCN(C(=O)NC(C)c2nncn2C)CC1. The standard InChI is InChI=1S/C14H26N6O2/c1-12(13-17-15-11-18(13)2)16-14(21)20-6-4-5-19(7-8-20)9-10-22-3/h11-12H,4-10H2,1-3H3,(H,16,21). The molecular weight excluding hydrogens is 284 g/mol. The van der Waals surface area contributed by atoms with Gasteiger partial charge >= 0.3 is 6.03 Å². The van der Waals surface area contributed by atoms with Gasteiger partial charge in [-0.3, -0.25) is 4.90 Å². The Labute approximate surface area is 131 Å². The first-order chi connectivity index (χ1) is 10.6. The van der Waals surface area contributed by atoms with E-state index in [2.05, 4.69) is 20.4 Å². The third-order valence-electron chi connectivity index (χ3n) is 3.96. The summed E-state index contributed by atoms with van der Waals surface area (Å²) in [4.78, 5) is 16.6. The number of nitrogens with zero attached hydrogens (tertiary/aromatic N) is 5. The number of aryl methyl sites for hydroxylation is 1. The highest BCUT2D eigenvalue weighted by molar-refractivity contribution is 5.74. The van der Waals surface area contributed by atoms with Crippen LogP contribution in [-0.4, -0.2) is 77.0 Å². The van der Waals surface area contributed by atoms with Crippen LogP contribution >= 0.6 is 0 Å². The molecule has 1 aromatic heterocycles. The van der Waals surface area contributed by atoms with Crippen LogP contribution in [0, 0.1) is 0 Å². The molecule has 8 heteroatoms. The minimum absolute atomic E-state index is 0.0379. The summed E-state index contributed by atoms with van der Waals surface area (Å²) in [5.41, 5.74) is 0. The number of hydrogen-bond donors (Lipinski definition) is 1. The van der Waals surface area contributed by atoms with Crippen molar-refractivity contribution >= 4 is 6.03 Å². The van der Waals surface area contributed by atoms with Crippen molar-refractivity contribution < 1.29 is 9.53 Å². The van der Waals surface area contributed by atoms with E-state index in [9.17, 15) is 4.79 Å². The highest BCUT2D eigenvalue weighted by Gasteiger charge is 2.21. The quantitative estimate of drug-likeness (QED) is 0.843. The Kier molecular flexibility index (Phi) is 6.14. The Morgan fingerprint density at radius 2 is 2.23 bits per heavy atom. The maximum Gasteiger partial charge on any atom is 0.318 e. The summed E-state index contributed by atoms with van der Waals surface area (Å²) < 4.78 is 6.93. The largest absolute Gasteiger partial charge is 0.383 e. The third kappa shape index (κ3) is 4.41. The second-order valence-corrected chi connectivity index (χ2v) is 5.65. The number of methoxy groups -OCH3 is 1. The first-order valence-corrected chi connectivity index (χ1v) is 7.72. The fourth-order valence-electron chi connectivity index (χ4n) is 2.64. The molecule has 1 saturated heterocycles. The minimum Gasteiger partial charge on any atom is -0.383 e. The lowest BCUT2D eigenvalue weighted by molar-refractivity contribution is 0.149. The van der Waals surface area contributed by atoms with Gasteiger partial charge in [0.1, 0.15) is 6.33 Å². The number of hydrogen-bond acceptors (Lipinski definition) is 5. The van der Waals surface area contributed by atoms with Crippen LogP contribution in [0.3, 0.4) is 0 Å². The van der Waals surface area contributed by atoms with Gasteiger partial charge in [-0.2, -0.15) is 0 Å². The second kappa shape index (κ2) is 8.09. The molecule has 1 aliphatic rings. The van der Waals surface area contributed by atoms with Crippen LogP contribution in [0.25, 0.3) is 0 Å². The predicted molar refractivity (Wildman–Crippen MR) is 82.5 cm³/mol. The number of amides is 2. The predicted octanol–water partition coefficient (Wildman–Crippen LogP) is 0.240. The molecule has 1 aromatic rings. The number of ether oxygens (including phenoxy) is 1. The molecule has 1 atom stereocenters. The van der Waals surface area contributed by atoms with Crippen LogP contribution in [0.15, 0.2) is 6.33 Å². The Hall–Kier alpha value is -1.67. The van der Waals surface area contributed by atoms with Gasteiger partial charge in [-0.1, -0.05) is 0 Å². The van der Waals surface area contributed by atoms with Gasteiger partial charge in [0.15, 0.2) is 5.82 Å². The van der Waals surface area contributed by atoms with Crippen LogP contribution in [0.2, 0.25) is 0 Å². The molecule has 0 bridgehead atoms. The lowest BCUT2D eigenvalue weighted by atomic mass is 10.3. The van der Waals surface area contributed by atoms with Crippen molar-refractivity contribution in [3.8, 4) is 0 Å². The molecule has 1 N–H and O–H groups in total. The number of rotatable bonds is 5. The van der Waals surface area contributed by atoms with Gasteiger partial charge in [-0.25, -0.2) is 4.79 Å². The molecule has 2 rings (SSSR count). The molecule has 124 valence electrons. The molecule has 22 heavy (non-hydrogen) atoms. The van der Waals surface area contributed by atoms with Crippen LogP contribution in [-0.2, 0) is 11.8 Å². The van der Waals surface area contributed by atoms with Crippen LogP contribution < -0.4 is 5.32 Å². The molecule has 0 aliphatic carbocycles. The summed E-state index contributed by atoms with van der Waals surface area (Å²) in [5.74, 6) is 0.755. The lowest BCUT2D eigenvalue weighted by Crippen LogP contribution is -2.43. The molecular formula is C14H26N6O2. The summed E-state index contributed by atoms with van der Waals surface area (Å²) in [6, 6.07) is -0.197. The number of aromatic nitrogens is 3. The molecule has 0 radical (unpaired) electrons. The van der Waals surface area contributed by atoms with Gasteiger partial charge in [0.2, 0.25) is 0 Å². The van der Waals surface area contributed by atoms with Crippen molar-refractivity contribution in [1.29, 1.82) is 0 Å². The van der Waals surface area contributed by atoms with E-state index in [4.69, 9.17) is 4.74 Å². The third-order valence-corrected chi connectivity index (χ3v) is 3.96. The average molecular weight is 310 g/mol. The molecule has 0 aromatic carbocycles. The Balaban J connectivity index is 1.83. The van der Waals surface area contributed by atoms with Crippen molar-refractivity contribution in [2.45, 2.75) is 19.4 Å². The van der Waals surface area contributed by atoms with Gasteiger partial charge < -0.3 is 19.5 Å². The van der Waals surface area contributed by atoms with Gasteiger partial charge in [-0.05, 0) is 19.9 Å². The monoisotopic (exact) mass is 310 g/mol. The average Bonchev–Trinajstić information content (AvgIpc) is 2.79. The summed E-state index contributed by atoms with van der Waals surface area (Å²) in [6.07, 6.45) is 2.62. The van der Waals surface area contributed by atoms with E-state index >= 15 is 0 Å². The Morgan fingerprint density at radius 3 is 2.91 bits per heavy atom. The van der Waals surface area contributed by atoms with Gasteiger partial charge in [0.25, 0.3) is 0 Å². The summed E-state index contributed by atoms with van der Waals surface area (Å²) in [7, 11) is 3.59. The summed E-state index contributed by atoms with van der Waals surface area (Å²) in [6.45, 7) is 6.98. The number of carbonyl (C=O) groups excluding carboxylic acids is 1. The topological polar surface area (TPSA) is 75.5 Å². The van der Waals surface area contributed by atoms with Crippen molar-refractivity contribution in [3.63, 3.8) is 0 Å². The molecule has 1 aliphatic heterocycles. The number of nitrogens with one attached hydrogen (secondary N) is 1. The lowest BCUT2D eigenvalue weighted by Gasteiger charge is -2.24. The van der Waals surface area contributed by atoms with E-state index in [1.54, 1.807) is 13.4 Å². The van der Waals surface area contributed by atoms with Gasteiger partial charge in [-0.15, -0.1) is 10.2 Å². The van der Waals surface area contributed by atoms with E-state index in [1.165, 1.54) is 0 Å². The zero-order valence-corrected chi connectivity index (χ0v) is 13.7. The van der Waals surface area contributed by atoms with Crippen molar-refractivity contribution in [2.24, 2.45) is 7.05 Å². The molecule has 1 unspecified atom stereocenters. The molecule has 2 heterocycles.